The first-order valence-corrected chi connectivity index (χ1v) is 5.99. The molecule has 0 aromatic carbocycles. The van der Waals surface area contributed by atoms with E-state index in [-0.39, 0.29) is 5.91 Å². The van der Waals surface area contributed by atoms with Crippen molar-refractivity contribution in [2.24, 2.45) is 11.8 Å². The van der Waals surface area contributed by atoms with E-state index in [2.05, 4.69) is 22.1 Å². The molecule has 1 aromatic heterocycles. The van der Waals surface area contributed by atoms with Crippen molar-refractivity contribution in [1.82, 2.24) is 20.0 Å². The molecule has 5 nitrogen and oxygen atoms in total. The lowest BCUT2D eigenvalue weighted by Crippen LogP contribution is -2.32. The van der Waals surface area contributed by atoms with Gasteiger partial charge in [-0.25, -0.2) is 0 Å². The molecular weight excluding hydrogens is 216 g/mol. The van der Waals surface area contributed by atoms with Crippen LogP contribution >= 0.6 is 0 Å². The van der Waals surface area contributed by atoms with Gasteiger partial charge in [-0.05, 0) is 31.0 Å². The van der Waals surface area contributed by atoms with Crippen molar-refractivity contribution in [3.63, 3.8) is 0 Å². The third-order valence-corrected chi connectivity index (χ3v) is 3.75. The summed E-state index contributed by atoms with van der Waals surface area (Å²) in [7, 11) is 2.15. The number of rotatable bonds is 1. The highest BCUT2D eigenvalue weighted by molar-refractivity contribution is 5.92. The molecule has 0 saturated carbocycles. The molecule has 0 N–H and O–H groups in total. The highest BCUT2D eigenvalue weighted by atomic mass is 16.2. The highest BCUT2D eigenvalue weighted by Crippen LogP contribution is 2.30. The number of likely N-dealkylation sites (tertiary alicyclic amines) is 2. The molecule has 17 heavy (non-hydrogen) atoms. The Kier molecular flexibility index (Phi) is 2.55. The summed E-state index contributed by atoms with van der Waals surface area (Å²) in [4.78, 5) is 16.4. The van der Waals surface area contributed by atoms with Crippen LogP contribution in [0, 0.1) is 11.8 Å². The fraction of sp³-hybridized carbons (Fsp3) is 0.583. The molecule has 3 rings (SSSR count). The first kappa shape index (κ1) is 10.7. The molecule has 0 radical (unpaired) electrons. The van der Waals surface area contributed by atoms with Crippen LogP contribution in [0.25, 0.3) is 0 Å². The van der Waals surface area contributed by atoms with Crippen molar-refractivity contribution in [1.29, 1.82) is 0 Å². The number of amides is 1. The van der Waals surface area contributed by atoms with Crippen LogP contribution in [-0.2, 0) is 0 Å². The Morgan fingerprint density at radius 3 is 2.59 bits per heavy atom. The molecular formula is C12H16N4O. The summed E-state index contributed by atoms with van der Waals surface area (Å²) in [6.07, 6.45) is 1.59. The van der Waals surface area contributed by atoms with Crippen molar-refractivity contribution < 1.29 is 4.79 Å². The van der Waals surface area contributed by atoms with Crippen molar-refractivity contribution in [2.75, 3.05) is 33.2 Å². The summed E-state index contributed by atoms with van der Waals surface area (Å²) in [5.74, 6) is 1.30. The zero-order valence-corrected chi connectivity index (χ0v) is 9.91. The second-order valence-corrected chi connectivity index (χ2v) is 5.06. The standard InChI is InChI=1S/C12H16N4O/c1-15-5-9-7-16(8-10(9)6-15)12(17)11-3-2-4-13-14-11/h2-4,9-10H,5-8H2,1H3. The lowest BCUT2D eigenvalue weighted by molar-refractivity contribution is 0.0769. The Hall–Kier alpha value is -1.49. The van der Waals surface area contributed by atoms with Gasteiger partial charge in [-0.1, -0.05) is 0 Å². The molecule has 0 aliphatic carbocycles. The second kappa shape index (κ2) is 4.07. The van der Waals surface area contributed by atoms with Crippen LogP contribution in [0.1, 0.15) is 10.5 Å². The van der Waals surface area contributed by atoms with Gasteiger partial charge in [0.05, 0.1) is 0 Å². The van der Waals surface area contributed by atoms with E-state index in [4.69, 9.17) is 0 Å². The minimum Gasteiger partial charge on any atom is -0.337 e. The molecule has 1 aromatic rings. The Labute approximate surface area is 100 Å². The maximum atomic E-state index is 12.2. The fourth-order valence-electron chi connectivity index (χ4n) is 2.97. The second-order valence-electron chi connectivity index (χ2n) is 5.06. The predicted octanol–water partition coefficient (Wildman–Crippen LogP) is 0.110. The van der Waals surface area contributed by atoms with E-state index in [1.807, 2.05) is 4.90 Å². The number of hydrogen-bond donors (Lipinski definition) is 0. The van der Waals surface area contributed by atoms with Gasteiger partial charge in [-0.3, -0.25) is 4.79 Å². The van der Waals surface area contributed by atoms with Crippen LogP contribution in [0.4, 0.5) is 0 Å². The number of nitrogens with zero attached hydrogens (tertiary/aromatic N) is 4. The lowest BCUT2D eigenvalue weighted by atomic mass is 10.0. The fourth-order valence-corrected chi connectivity index (χ4v) is 2.97. The average Bonchev–Trinajstić information content (AvgIpc) is 2.86. The van der Waals surface area contributed by atoms with E-state index in [1.54, 1.807) is 18.3 Å². The molecule has 2 aliphatic rings. The van der Waals surface area contributed by atoms with Crippen LogP contribution in [0.15, 0.2) is 18.3 Å². The van der Waals surface area contributed by atoms with E-state index >= 15 is 0 Å². The number of carbonyl (C=O) groups is 1. The SMILES string of the molecule is CN1CC2CN(C(=O)c3cccnn3)CC2C1. The van der Waals surface area contributed by atoms with E-state index in [9.17, 15) is 4.79 Å². The van der Waals surface area contributed by atoms with E-state index in [0.717, 1.165) is 26.2 Å². The largest absolute Gasteiger partial charge is 0.337 e. The summed E-state index contributed by atoms with van der Waals surface area (Å²) >= 11 is 0. The van der Waals surface area contributed by atoms with Crippen molar-refractivity contribution in [3.8, 4) is 0 Å². The smallest absolute Gasteiger partial charge is 0.274 e. The number of carbonyl (C=O) groups excluding carboxylic acids is 1. The normalized spacial score (nSPS) is 28.4. The average molecular weight is 232 g/mol. The van der Waals surface area contributed by atoms with Crippen LogP contribution in [0.3, 0.4) is 0 Å². The molecule has 90 valence electrons. The number of aromatic nitrogens is 2. The van der Waals surface area contributed by atoms with Crippen molar-refractivity contribution >= 4 is 5.91 Å². The minimum atomic E-state index is 0.0233. The van der Waals surface area contributed by atoms with Crippen LogP contribution in [0.5, 0.6) is 0 Å². The van der Waals surface area contributed by atoms with Gasteiger partial charge in [0.2, 0.25) is 0 Å². The Morgan fingerprint density at radius 1 is 1.29 bits per heavy atom. The molecule has 2 unspecified atom stereocenters. The quantitative estimate of drug-likeness (QED) is 0.689. The summed E-state index contributed by atoms with van der Waals surface area (Å²) in [6, 6.07) is 3.49. The van der Waals surface area contributed by atoms with Gasteiger partial charge >= 0.3 is 0 Å². The maximum Gasteiger partial charge on any atom is 0.274 e. The maximum absolute atomic E-state index is 12.2. The Balaban J connectivity index is 1.70. The van der Waals surface area contributed by atoms with E-state index in [1.165, 1.54) is 0 Å². The molecule has 0 bridgehead atoms. The van der Waals surface area contributed by atoms with Gasteiger partial charge in [0.15, 0.2) is 5.69 Å². The van der Waals surface area contributed by atoms with Crippen molar-refractivity contribution in [3.05, 3.63) is 24.0 Å². The molecule has 0 spiro atoms. The van der Waals surface area contributed by atoms with Gasteiger partial charge < -0.3 is 9.80 Å². The summed E-state index contributed by atoms with van der Waals surface area (Å²) in [6.45, 7) is 3.94. The summed E-state index contributed by atoms with van der Waals surface area (Å²) in [5.41, 5.74) is 0.459. The van der Waals surface area contributed by atoms with Crippen molar-refractivity contribution in [2.45, 2.75) is 0 Å². The summed E-state index contributed by atoms with van der Waals surface area (Å²) < 4.78 is 0. The van der Waals surface area contributed by atoms with Gasteiger partial charge in [0.25, 0.3) is 5.91 Å². The Bertz CT molecular complexity index is 408. The molecule has 2 fully saturated rings. The molecule has 2 saturated heterocycles. The van der Waals surface area contributed by atoms with Crippen LogP contribution in [0.2, 0.25) is 0 Å². The van der Waals surface area contributed by atoms with Gasteiger partial charge in [-0.15, -0.1) is 5.10 Å². The zero-order valence-electron chi connectivity index (χ0n) is 9.91. The van der Waals surface area contributed by atoms with Crippen LogP contribution in [-0.4, -0.2) is 59.1 Å². The molecule has 5 heteroatoms. The molecule has 2 atom stereocenters. The number of fused-ring (bicyclic) bond motifs is 1. The predicted molar refractivity (Wildman–Crippen MR) is 62.4 cm³/mol. The monoisotopic (exact) mass is 232 g/mol. The van der Waals surface area contributed by atoms with Gasteiger partial charge in [0, 0.05) is 32.4 Å². The molecule has 1 amide bonds. The first-order valence-electron chi connectivity index (χ1n) is 5.99. The van der Waals surface area contributed by atoms with Crippen LogP contribution < -0.4 is 0 Å². The topological polar surface area (TPSA) is 49.3 Å². The van der Waals surface area contributed by atoms with Gasteiger partial charge in [0.1, 0.15) is 0 Å². The summed E-state index contributed by atoms with van der Waals surface area (Å²) in [5, 5.41) is 7.64. The molecule has 3 heterocycles. The van der Waals surface area contributed by atoms with E-state index < -0.39 is 0 Å². The first-order chi connectivity index (χ1) is 8.24. The minimum absolute atomic E-state index is 0.0233. The zero-order chi connectivity index (χ0) is 11.8. The highest BCUT2D eigenvalue weighted by Gasteiger charge is 2.40. The third kappa shape index (κ3) is 1.91. The van der Waals surface area contributed by atoms with Gasteiger partial charge in [-0.2, -0.15) is 5.10 Å². The Morgan fingerprint density at radius 2 is 2.00 bits per heavy atom. The number of hydrogen-bond acceptors (Lipinski definition) is 4. The third-order valence-electron chi connectivity index (χ3n) is 3.75. The van der Waals surface area contributed by atoms with E-state index in [0.29, 0.717) is 17.5 Å². The lowest BCUT2D eigenvalue weighted by Gasteiger charge is -2.18. The molecule has 2 aliphatic heterocycles.